The van der Waals surface area contributed by atoms with E-state index in [4.69, 9.17) is 5.11 Å². The zero-order chi connectivity index (χ0) is 15.7. The smallest absolute Gasteiger partial charge is 0.315 e. The van der Waals surface area contributed by atoms with E-state index in [1.807, 2.05) is 6.92 Å². The maximum absolute atomic E-state index is 11.8. The summed E-state index contributed by atoms with van der Waals surface area (Å²) in [4.78, 5) is 24.8. The van der Waals surface area contributed by atoms with Gasteiger partial charge in [-0.05, 0) is 26.3 Å². The van der Waals surface area contributed by atoms with E-state index in [1.54, 1.807) is 0 Å². The van der Waals surface area contributed by atoms with Gasteiger partial charge in [-0.25, -0.2) is 4.79 Å². The van der Waals surface area contributed by atoms with Crippen LogP contribution in [0.1, 0.15) is 51.9 Å². The first-order valence-electron chi connectivity index (χ1n) is 7.99. The van der Waals surface area contributed by atoms with Crippen molar-refractivity contribution in [3.63, 3.8) is 0 Å². The Balaban J connectivity index is 2.20. The van der Waals surface area contributed by atoms with E-state index in [1.165, 1.54) is 25.7 Å². The van der Waals surface area contributed by atoms with Gasteiger partial charge in [-0.15, -0.1) is 0 Å². The van der Waals surface area contributed by atoms with Crippen molar-refractivity contribution in [2.24, 2.45) is 0 Å². The van der Waals surface area contributed by atoms with Crippen LogP contribution in [0.3, 0.4) is 0 Å². The highest BCUT2D eigenvalue weighted by atomic mass is 16.4. The van der Waals surface area contributed by atoms with Crippen molar-refractivity contribution in [1.29, 1.82) is 0 Å². The van der Waals surface area contributed by atoms with Gasteiger partial charge >= 0.3 is 12.0 Å². The summed E-state index contributed by atoms with van der Waals surface area (Å²) in [5.41, 5.74) is 0. The number of hydrogen-bond acceptors (Lipinski definition) is 3. The van der Waals surface area contributed by atoms with Gasteiger partial charge in [0.25, 0.3) is 0 Å². The second kappa shape index (κ2) is 9.60. The number of aliphatic carboxylic acids is 1. The van der Waals surface area contributed by atoms with Gasteiger partial charge < -0.3 is 20.6 Å². The van der Waals surface area contributed by atoms with E-state index in [0.717, 1.165) is 13.0 Å². The maximum Gasteiger partial charge on any atom is 0.315 e. The highest BCUT2D eigenvalue weighted by Gasteiger charge is 2.19. The molecule has 1 rings (SSSR count). The van der Waals surface area contributed by atoms with Crippen LogP contribution >= 0.6 is 0 Å². The number of urea groups is 1. The minimum absolute atomic E-state index is 0.0246. The maximum atomic E-state index is 11.8. The second-order valence-corrected chi connectivity index (χ2v) is 5.90. The quantitative estimate of drug-likeness (QED) is 0.606. The number of carboxylic acids is 1. The highest BCUT2D eigenvalue weighted by Crippen LogP contribution is 2.21. The third-order valence-corrected chi connectivity index (χ3v) is 4.09. The Morgan fingerprint density at radius 1 is 1.33 bits per heavy atom. The average molecular weight is 299 g/mol. The van der Waals surface area contributed by atoms with Crippen molar-refractivity contribution >= 4 is 12.0 Å². The van der Waals surface area contributed by atoms with Gasteiger partial charge in [-0.2, -0.15) is 0 Å². The fraction of sp³-hybridized carbons (Fsp3) is 0.867. The Hall–Kier alpha value is -1.30. The van der Waals surface area contributed by atoms with Crippen molar-refractivity contribution in [1.82, 2.24) is 15.5 Å². The predicted molar refractivity (Wildman–Crippen MR) is 82.4 cm³/mol. The molecule has 1 atom stereocenters. The molecule has 0 bridgehead atoms. The molecule has 1 aliphatic carbocycles. The van der Waals surface area contributed by atoms with E-state index in [2.05, 4.69) is 22.6 Å². The third-order valence-electron chi connectivity index (χ3n) is 4.09. The first-order chi connectivity index (χ1) is 10.0. The summed E-state index contributed by atoms with van der Waals surface area (Å²) >= 11 is 0. The molecule has 0 aliphatic heterocycles. The summed E-state index contributed by atoms with van der Waals surface area (Å²) in [5.74, 6) is -0.880. The summed E-state index contributed by atoms with van der Waals surface area (Å²) in [7, 11) is 2.10. The molecule has 0 saturated heterocycles. The molecule has 0 aromatic heterocycles. The van der Waals surface area contributed by atoms with Crippen LogP contribution in [0.4, 0.5) is 4.79 Å². The molecule has 0 aromatic carbocycles. The molecule has 0 spiro atoms. The van der Waals surface area contributed by atoms with Gasteiger partial charge in [-0.3, -0.25) is 4.79 Å². The lowest BCUT2D eigenvalue weighted by molar-refractivity contribution is -0.137. The van der Waals surface area contributed by atoms with Crippen LogP contribution in [0.25, 0.3) is 0 Å². The number of rotatable bonds is 9. The standard InChI is InChI=1S/C15H29N3O3/c1-3-6-12(11-14(19)20)17-15(21)16-9-10-18(2)13-7-4-5-8-13/h12-13H,3-11H2,1-2H3,(H,19,20)(H2,16,17,21). The van der Waals surface area contributed by atoms with Crippen molar-refractivity contribution in [2.45, 2.75) is 64.0 Å². The molecule has 6 heteroatoms. The van der Waals surface area contributed by atoms with Crippen LogP contribution in [0.15, 0.2) is 0 Å². The molecular weight excluding hydrogens is 270 g/mol. The topological polar surface area (TPSA) is 81.7 Å². The number of amides is 2. The van der Waals surface area contributed by atoms with E-state index < -0.39 is 5.97 Å². The van der Waals surface area contributed by atoms with Crippen molar-refractivity contribution in [3.8, 4) is 0 Å². The lowest BCUT2D eigenvalue weighted by Crippen LogP contribution is -2.45. The molecule has 0 heterocycles. The van der Waals surface area contributed by atoms with E-state index in [9.17, 15) is 9.59 Å². The zero-order valence-electron chi connectivity index (χ0n) is 13.2. The van der Waals surface area contributed by atoms with Crippen LogP contribution in [0.5, 0.6) is 0 Å². The normalized spacial score (nSPS) is 16.9. The van der Waals surface area contributed by atoms with Crippen LogP contribution in [-0.4, -0.2) is 54.2 Å². The molecule has 1 saturated carbocycles. The monoisotopic (exact) mass is 299 g/mol. The van der Waals surface area contributed by atoms with Gasteiger partial charge in [0, 0.05) is 25.2 Å². The molecule has 3 N–H and O–H groups in total. The van der Waals surface area contributed by atoms with E-state index in [-0.39, 0.29) is 18.5 Å². The largest absolute Gasteiger partial charge is 0.481 e. The number of hydrogen-bond donors (Lipinski definition) is 3. The summed E-state index contributed by atoms with van der Waals surface area (Å²) in [6, 6.07) is 0.0873. The number of carboxylic acid groups (broad SMARTS) is 1. The Bertz CT molecular complexity index is 330. The molecule has 122 valence electrons. The minimum atomic E-state index is -0.880. The van der Waals surface area contributed by atoms with Gasteiger partial charge in [-0.1, -0.05) is 26.2 Å². The van der Waals surface area contributed by atoms with Crippen molar-refractivity contribution in [3.05, 3.63) is 0 Å². The van der Waals surface area contributed by atoms with Gasteiger partial charge in [0.05, 0.1) is 6.42 Å². The van der Waals surface area contributed by atoms with Crippen LogP contribution in [-0.2, 0) is 4.79 Å². The molecule has 6 nitrogen and oxygen atoms in total. The lowest BCUT2D eigenvalue weighted by Gasteiger charge is -2.24. The van der Waals surface area contributed by atoms with Crippen LogP contribution in [0, 0.1) is 0 Å². The molecule has 21 heavy (non-hydrogen) atoms. The summed E-state index contributed by atoms with van der Waals surface area (Å²) in [5, 5.41) is 14.4. The number of carbonyl (C=O) groups is 2. The molecule has 1 aliphatic rings. The number of likely N-dealkylation sites (N-methyl/N-ethyl adjacent to an activating group) is 1. The van der Waals surface area contributed by atoms with E-state index >= 15 is 0 Å². The van der Waals surface area contributed by atoms with Gasteiger partial charge in [0.1, 0.15) is 0 Å². The molecular formula is C15H29N3O3. The second-order valence-electron chi connectivity index (χ2n) is 5.90. The molecule has 0 radical (unpaired) electrons. The van der Waals surface area contributed by atoms with Crippen LogP contribution in [0.2, 0.25) is 0 Å². The number of nitrogens with one attached hydrogen (secondary N) is 2. The lowest BCUT2D eigenvalue weighted by atomic mass is 10.1. The number of nitrogens with zero attached hydrogens (tertiary/aromatic N) is 1. The molecule has 0 aromatic rings. The summed E-state index contributed by atoms with van der Waals surface area (Å²) in [6.45, 7) is 3.39. The predicted octanol–water partition coefficient (Wildman–Crippen LogP) is 1.80. The first-order valence-corrected chi connectivity index (χ1v) is 7.99. The molecule has 1 fully saturated rings. The Morgan fingerprint density at radius 3 is 2.57 bits per heavy atom. The Labute approximate surface area is 127 Å². The third kappa shape index (κ3) is 7.32. The fourth-order valence-corrected chi connectivity index (χ4v) is 2.89. The van der Waals surface area contributed by atoms with Gasteiger partial charge in [0.15, 0.2) is 0 Å². The average Bonchev–Trinajstić information content (AvgIpc) is 2.91. The fourth-order valence-electron chi connectivity index (χ4n) is 2.89. The summed E-state index contributed by atoms with van der Waals surface area (Å²) < 4.78 is 0. The van der Waals surface area contributed by atoms with Crippen molar-refractivity contribution < 1.29 is 14.7 Å². The zero-order valence-corrected chi connectivity index (χ0v) is 13.2. The van der Waals surface area contributed by atoms with Crippen LogP contribution < -0.4 is 10.6 Å². The SMILES string of the molecule is CCCC(CC(=O)O)NC(=O)NCCN(C)C1CCCC1. The molecule has 1 unspecified atom stereocenters. The van der Waals surface area contributed by atoms with E-state index in [0.29, 0.717) is 19.0 Å². The Kier molecular flexibility index (Phi) is 8.12. The molecule has 2 amide bonds. The first kappa shape index (κ1) is 17.8. The van der Waals surface area contributed by atoms with Crippen molar-refractivity contribution in [2.75, 3.05) is 20.1 Å². The summed E-state index contributed by atoms with van der Waals surface area (Å²) in [6.07, 6.45) is 6.61. The number of carbonyl (C=O) groups excluding carboxylic acids is 1. The van der Waals surface area contributed by atoms with Gasteiger partial charge in [0.2, 0.25) is 0 Å². The Morgan fingerprint density at radius 2 is 2.00 bits per heavy atom. The minimum Gasteiger partial charge on any atom is -0.481 e. The highest BCUT2D eigenvalue weighted by molar-refractivity contribution is 5.75.